The molecule has 4 aromatic rings. The lowest BCUT2D eigenvalue weighted by Gasteiger charge is -2.28. The summed E-state index contributed by atoms with van der Waals surface area (Å²) >= 11 is 3.33. The molecule has 0 aliphatic heterocycles. The molecule has 0 saturated heterocycles. The first-order chi connectivity index (χ1) is 20.0. The average molecular weight is 593 g/mol. The molecule has 0 radical (unpaired) electrons. The molecule has 216 valence electrons. The molecule has 2 fully saturated rings. The van der Waals surface area contributed by atoms with Gasteiger partial charge in [0.1, 0.15) is 11.5 Å². The zero-order valence-corrected chi connectivity index (χ0v) is 25.0. The van der Waals surface area contributed by atoms with Crippen molar-refractivity contribution in [2.24, 2.45) is 11.8 Å². The number of amides is 2. The monoisotopic (exact) mass is 592 g/mol. The lowest BCUT2D eigenvalue weighted by molar-refractivity contribution is 0.188. The van der Waals surface area contributed by atoms with Gasteiger partial charge in [0.15, 0.2) is 0 Å². The lowest BCUT2D eigenvalue weighted by Crippen LogP contribution is -2.39. The SMILES string of the molecule is Cc1nc2cc(OC(=O)NC3CCC(Cc4nc5cc(OC(=O)NCC6CCCCC6)ccc5s4)CC3)ccc2s1. The fourth-order valence-corrected chi connectivity index (χ4v) is 7.88. The van der Waals surface area contributed by atoms with Crippen LogP contribution < -0.4 is 20.1 Å². The zero-order chi connectivity index (χ0) is 28.2. The van der Waals surface area contributed by atoms with E-state index in [4.69, 9.17) is 14.5 Å². The van der Waals surface area contributed by atoms with Crippen LogP contribution >= 0.6 is 22.7 Å². The third kappa shape index (κ3) is 7.35. The van der Waals surface area contributed by atoms with E-state index < -0.39 is 12.2 Å². The van der Waals surface area contributed by atoms with Crippen LogP contribution in [0.4, 0.5) is 9.59 Å². The van der Waals surface area contributed by atoms with Crippen molar-refractivity contribution in [3.63, 3.8) is 0 Å². The summed E-state index contributed by atoms with van der Waals surface area (Å²) in [5.41, 5.74) is 1.72. The average Bonchev–Trinajstić information content (AvgIpc) is 3.54. The molecule has 10 heteroatoms. The summed E-state index contributed by atoms with van der Waals surface area (Å²) in [7, 11) is 0. The first-order valence-corrected chi connectivity index (χ1v) is 16.3. The van der Waals surface area contributed by atoms with Gasteiger partial charge >= 0.3 is 12.2 Å². The highest BCUT2D eigenvalue weighted by atomic mass is 32.1. The number of hydrogen-bond acceptors (Lipinski definition) is 8. The Balaban J connectivity index is 0.951. The fraction of sp³-hybridized carbons (Fsp3) is 0.484. The second-order valence-corrected chi connectivity index (χ2v) is 13.7. The second kappa shape index (κ2) is 12.7. The van der Waals surface area contributed by atoms with Crippen LogP contribution in [-0.4, -0.2) is 34.7 Å². The molecule has 2 heterocycles. The van der Waals surface area contributed by atoms with Gasteiger partial charge in [0.05, 0.1) is 30.4 Å². The van der Waals surface area contributed by atoms with Crippen molar-refractivity contribution in [1.82, 2.24) is 20.6 Å². The van der Waals surface area contributed by atoms with Crippen LogP contribution in [0.15, 0.2) is 36.4 Å². The zero-order valence-electron chi connectivity index (χ0n) is 23.3. The summed E-state index contributed by atoms with van der Waals surface area (Å²) in [6.07, 6.45) is 10.2. The summed E-state index contributed by atoms with van der Waals surface area (Å²) in [6.45, 7) is 2.65. The molecule has 2 aromatic heterocycles. The lowest BCUT2D eigenvalue weighted by atomic mass is 9.84. The Bertz CT molecular complexity index is 1520. The number of nitrogens with one attached hydrogen (secondary N) is 2. The van der Waals surface area contributed by atoms with Crippen LogP contribution in [0.25, 0.3) is 20.4 Å². The van der Waals surface area contributed by atoms with Crippen molar-refractivity contribution in [3.8, 4) is 11.5 Å². The summed E-state index contributed by atoms with van der Waals surface area (Å²) in [5.74, 6) is 2.13. The Morgan fingerprint density at radius 1 is 0.805 bits per heavy atom. The van der Waals surface area contributed by atoms with E-state index in [1.165, 1.54) is 32.1 Å². The third-order valence-corrected chi connectivity index (χ3v) is 10.2. The van der Waals surface area contributed by atoms with Crippen molar-refractivity contribution in [2.45, 2.75) is 77.2 Å². The number of ether oxygens (including phenoxy) is 2. The quantitative estimate of drug-likeness (QED) is 0.227. The van der Waals surface area contributed by atoms with Crippen LogP contribution in [0.1, 0.15) is 67.8 Å². The molecular formula is C31H36N4O4S2. The second-order valence-electron chi connectivity index (χ2n) is 11.3. The molecule has 0 unspecified atom stereocenters. The third-order valence-electron chi connectivity index (χ3n) is 8.18. The molecular weight excluding hydrogens is 556 g/mol. The highest BCUT2D eigenvalue weighted by Gasteiger charge is 2.24. The van der Waals surface area contributed by atoms with Crippen molar-refractivity contribution in [1.29, 1.82) is 0 Å². The molecule has 2 saturated carbocycles. The van der Waals surface area contributed by atoms with Crippen LogP contribution in [0.2, 0.25) is 0 Å². The van der Waals surface area contributed by atoms with E-state index in [9.17, 15) is 9.59 Å². The van der Waals surface area contributed by atoms with Gasteiger partial charge in [0, 0.05) is 31.1 Å². The summed E-state index contributed by atoms with van der Waals surface area (Å²) < 4.78 is 13.3. The maximum absolute atomic E-state index is 12.5. The Labute approximate surface area is 247 Å². The minimum atomic E-state index is -0.411. The van der Waals surface area contributed by atoms with Crippen molar-refractivity contribution >= 4 is 55.3 Å². The number of benzene rings is 2. The number of thiazole rings is 2. The van der Waals surface area contributed by atoms with Crippen LogP contribution in [0.3, 0.4) is 0 Å². The predicted molar refractivity (Wildman–Crippen MR) is 163 cm³/mol. The van der Waals surface area contributed by atoms with Crippen LogP contribution in [0.5, 0.6) is 11.5 Å². The van der Waals surface area contributed by atoms with E-state index in [0.717, 1.165) is 62.6 Å². The van der Waals surface area contributed by atoms with E-state index >= 15 is 0 Å². The molecule has 41 heavy (non-hydrogen) atoms. The van der Waals surface area contributed by atoms with Gasteiger partial charge in [-0.05, 0) is 81.5 Å². The topological polar surface area (TPSA) is 102 Å². The van der Waals surface area contributed by atoms with Gasteiger partial charge < -0.3 is 20.1 Å². The minimum Gasteiger partial charge on any atom is -0.410 e. The number of carbonyl (C=O) groups excluding carboxylic acids is 2. The Kier molecular flexibility index (Phi) is 8.67. The standard InChI is InChI=1S/C31H36N4O4S2/c1-19-33-25-16-24(11-13-27(25)40-19)39-31(37)34-22-9-7-20(8-10-22)15-29-35-26-17-23(12-14-28(26)41-29)38-30(36)32-18-21-5-3-2-4-6-21/h11-14,16-17,20-22H,2-10,15,18H2,1H3,(H,32,36)(H,34,37). The minimum absolute atomic E-state index is 0.114. The van der Waals surface area contributed by atoms with E-state index in [2.05, 4.69) is 15.6 Å². The summed E-state index contributed by atoms with van der Waals surface area (Å²) in [4.78, 5) is 34.1. The smallest absolute Gasteiger partial charge is 0.410 e. The molecule has 2 aliphatic carbocycles. The van der Waals surface area contributed by atoms with Gasteiger partial charge in [-0.15, -0.1) is 22.7 Å². The van der Waals surface area contributed by atoms with E-state index in [1.807, 2.05) is 43.3 Å². The highest BCUT2D eigenvalue weighted by Crippen LogP contribution is 2.32. The van der Waals surface area contributed by atoms with Crippen molar-refractivity contribution < 1.29 is 19.1 Å². The molecule has 2 N–H and O–H groups in total. The Morgan fingerprint density at radius 2 is 1.46 bits per heavy atom. The first kappa shape index (κ1) is 27.9. The van der Waals surface area contributed by atoms with Crippen molar-refractivity contribution in [2.75, 3.05) is 6.54 Å². The molecule has 2 aromatic carbocycles. The number of nitrogens with zero attached hydrogens (tertiary/aromatic N) is 2. The van der Waals surface area contributed by atoms with E-state index in [1.54, 1.807) is 22.7 Å². The molecule has 0 spiro atoms. The van der Waals surface area contributed by atoms with Gasteiger partial charge in [-0.3, -0.25) is 0 Å². The van der Waals surface area contributed by atoms with E-state index in [-0.39, 0.29) is 6.04 Å². The number of rotatable bonds is 7. The number of hydrogen-bond donors (Lipinski definition) is 2. The van der Waals surface area contributed by atoms with Gasteiger partial charge in [0.2, 0.25) is 0 Å². The van der Waals surface area contributed by atoms with Crippen LogP contribution in [0, 0.1) is 18.8 Å². The number of carbonyl (C=O) groups is 2. The van der Waals surface area contributed by atoms with Gasteiger partial charge in [-0.1, -0.05) is 19.3 Å². The molecule has 0 bridgehead atoms. The summed E-state index contributed by atoms with van der Waals surface area (Å²) in [5, 5.41) is 8.06. The fourth-order valence-electron chi connectivity index (χ4n) is 6.01. The summed E-state index contributed by atoms with van der Waals surface area (Å²) in [6, 6.07) is 11.4. The molecule has 0 atom stereocenters. The molecule has 2 aliphatic rings. The predicted octanol–water partition coefficient (Wildman–Crippen LogP) is 7.77. The number of aryl methyl sites for hydroxylation is 1. The molecule has 8 nitrogen and oxygen atoms in total. The van der Waals surface area contributed by atoms with Gasteiger partial charge in [-0.25, -0.2) is 19.6 Å². The maximum Gasteiger partial charge on any atom is 0.412 e. The number of aromatic nitrogens is 2. The largest absolute Gasteiger partial charge is 0.412 e. The first-order valence-electron chi connectivity index (χ1n) is 14.7. The van der Waals surface area contributed by atoms with Crippen molar-refractivity contribution in [3.05, 3.63) is 46.4 Å². The highest BCUT2D eigenvalue weighted by molar-refractivity contribution is 7.18. The Morgan fingerprint density at radius 3 is 2.20 bits per heavy atom. The number of fused-ring (bicyclic) bond motifs is 2. The van der Waals surface area contributed by atoms with E-state index in [0.29, 0.717) is 29.9 Å². The Hall–Kier alpha value is -3.24. The van der Waals surface area contributed by atoms with Crippen LogP contribution in [-0.2, 0) is 6.42 Å². The van der Waals surface area contributed by atoms with Gasteiger partial charge in [0.25, 0.3) is 0 Å². The maximum atomic E-state index is 12.5. The molecule has 2 amide bonds. The normalized spacial score (nSPS) is 19.7. The molecule has 6 rings (SSSR count). The van der Waals surface area contributed by atoms with Gasteiger partial charge in [-0.2, -0.15) is 0 Å².